The summed E-state index contributed by atoms with van der Waals surface area (Å²) in [5, 5.41) is 20.0. The second kappa shape index (κ2) is 14.9. The van der Waals surface area contributed by atoms with E-state index in [1.54, 1.807) is 19.0 Å². The van der Waals surface area contributed by atoms with Crippen molar-refractivity contribution in [2.24, 2.45) is 5.92 Å². The average molecular weight is 543 g/mol. The number of nitrogens with one attached hydrogen (secondary N) is 1. The van der Waals surface area contributed by atoms with E-state index in [2.05, 4.69) is 21.2 Å². The minimum Gasteiger partial charge on any atom is -0.478 e. The number of nitrogens with zero attached hydrogens (tertiary/aromatic N) is 3. The van der Waals surface area contributed by atoms with Gasteiger partial charge in [-0.15, -0.1) is 0 Å². The number of rotatable bonds is 7. The molecule has 9 nitrogen and oxygen atoms in total. The van der Waals surface area contributed by atoms with Gasteiger partial charge in [-0.2, -0.15) is 0 Å². The third-order valence-electron chi connectivity index (χ3n) is 6.45. The zero-order chi connectivity index (χ0) is 26.7. The van der Waals surface area contributed by atoms with Crippen LogP contribution in [0, 0.1) is 5.92 Å². The van der Waals surface area contributed by atoms with Gasteiger partial charge in [-0.05, 0) is 56.7 Å². The number of benzene rings is 1. The van der Waals surface area contributed by atoms with E-state index in [4.69, 9.17) is 33.4 Å². The standard InChI is InChI=1S/C21H32Cl2N4O.C4H4O4/c1-25(2)21(28)24-17-8-6-16(7-9-17)10-11-26-12-14-27(15-13-26)19-5-3-4-18(22)20(19)23;5-3(6)1-2-4(7)8/h3-5,16-17H,6-15H2,1-2H3,(H,24,28);1-2H,(H,5,6)(H,7,8). The van der Waals surface area contributed by atoms with Crippen LogP contribution in [0.15, 0.2) is 30.4 Å². The zero-order valence-corrected chi connectivity index (χ0v) is 22.3. The van der Waals surface area contributed by atoms with Gasteiger partial charge in [-0.3, -0.25) is 4.90 Å². The Morgan fingerprint density at radius 2 is 1.58 bits per heavy atom. The fraction of sp³-hybridized carbons (Fsp3) is 0.560. The number of aliphatic carboxylic acids is 2. The Hall–Kier alpha value is -2.49. The number of carbonyl (C=O) groups is 3. The minimum atomic E-state index is -1.26. The summed E-state index contributed by atoms with van der Waals surface area (Å²) in [7, 11) is 3.59. The maximum atomic E-state index is 11.8. The number of urea groups is 1. The molecule has 3 rings (SSSR count). The topological polar surface area (TPSA) is 113 Å². The Bertz CT molecular complexity index is 896. The van der Waals surface area contributed by atoms with Crippen molar-refractivity contribution in [3.63, 3.8) is 0 Å². The first-order valence-electron chi connectivity index (χ1n) is 12.1. The molecule has 1 saturated heterocycles. The highest BCUT2D eigenvalue weighted by Crippen LogP contribution is 2.33. The highest BCUT2D eigenvalue weighted by Gasteiger charge is 2.24. The summed E-state index contributed by atoms with van der Waals surface area (Å²) in [5.41, 5.74) is 1.05. The van der Waals surface area contributed by atoms with Crippen molar-refractivity contribution in [1.29, 1.82) is 0 Å². The molecule has 0 unspecified atom stereocenters. The lowest BCUT2D eigenvalue weighted by molar-refractivity contribution is -0.134. The smallest absolute Gasteiger partial charge is 0.328 e. The van der Waals surface area contributed by atoms with Crippen LogP contribution >= 0.6 is 23.2 Å². The molecule has 1 heterocycles. The first-order valence-corrected chi connectivity index (χ1v) is 12.9. The number of carboxylic acid groups (broad SMARTS) is 2. The summed E-state index contributed by atoms with van der Waals surface area (Å²) >= 11 is 12.5. The number of amides is 2. The zero-order valence-electron chi connectivity index (χ0n) is 20.8. The molecule has 1 saturated carbocycles. The van der Waals surface area contributed by atoms with Gasteiger partial charge >= 0.3 is 18.0 Å². The molecule has 1 aromatic carbocycles. The number of piperazine rings is 1. The van der Waals surface area contributed by atoms with Gasteiger partial charge in [-0.25, -0.2) is 14.4 Å². The molecule has 2 fully saturated rings. The van der Waals surface area contributed by atoms with Crippen molar-refractivity contribution >= 4 is 46.9 Å². The van der Waals surface area contributed by atoms with Gasteiger partial charge in [0.15, 0.2) is 0 Å². The van der Waals surface area contributed by atoms with Crippen LogP contribution in [0.4, 0.5) is 10.5 Å². The minimum absolute atomic E-state index is 0.0288. The Balaban J connectivity index is 0.000000493. The molecule has 0 radical (unpaired) electrons. The van der Waals surface area contributed by atoms with Crippen molar-refractivity contribution < 1.29 is 24.6 Å². The van der Waals surface area contributed by atoms with Crippen molar-refractivity contribution in [2.45, 2.75) is 38.1 Å². The van der Waals surface area contributed by atoms with Crippen LogP contribution in [-0.2, 0) is 9.59 Å². The molecule has 2 aliphatic rings. The van der Waals surface area contributed by atoms with E-state index < -0.39 is 11.9 Å². The van der Waals surface area contributed by atoms with E-state index in [1.165, 1.54) is 19.3 Å². The molecule has 0 spiro atoms. The summed E-state index contributed by atoms with van der Waals surface area (Å²) in [6.07, 6.45) is 7.01. The SMILES string of the molecule is CN(C)C(=O)NC1CCC(CCN2CCN(c3cccc(Cl)c3Cl)CC2)CC1.O=C(O)C=CC(=O)O. The first kappa shape index (κ1) is 29.7. The summed E-state index contributed by atoms with van der Waals surface area (Å²) in [6.45, 7) is 5.28. The summed E-state index contributed by atoms with van der Waals surface area (Å²) in [4.78, 5) is 37.4. The maximum absolute atomic E-state index is 11.8. The second-order valence-electron chi connectivity index (χ2n) is 9.26. The summed E-state index contributed by atoms with van der Waals surface area (Å²) in [6, 6.07) is 6.23. The lowest BCUT2D eigenvalue weighted by Gasteiger charge is -2.37. The molecular formula is C25H36Cl2N4O5. The first-order chi connectivity index (χ1) is 17.1. The lowest BCUT2D eigenvalue weighted by Crippen LogP contribution is -2.47. The predicted octanol–water partition coefficient (Wildman–Crippen LogP) is 4.05. The molecule has 36 heavy (non-hydrogen) atoms. The van der Waals surface area contributed by atoms with Gasteiger partial charge < -0.3 is 25.3 Å². The largest absolute Gasteiger partial charge is 0.478 e. The van der Waals surface area contributed by atoms with Crippen molar-refractivity contribution in [2.75, 3.05) is 51.7 Å². The van der Waals surface area contributed by atoms with Crippen LogP contribution in [0.25, 0.3) is 0 Å². The van der Waals surface area contributed by atoms with E-state index in [-0.39, 0.29) is 6.03 Å². The van der Waals surface area contributed by atoms with Crippen LogP contribution < -0.4 is 10.2 Å². The van der Waals surface area contributed by atoms with Crippen LogP contribution in [0.1, 0.15) is 32.1 Å². The second-order valence-corrected chi connectivity index (χ2v) is 10.0. The Morgan fingerprint density at radius 1 is 1.00 bits per heavy atom. The van der Waals surface area contributed by atoms with Crippen molar-refractivity contribution in [3.05, 3.63) is 40.4 Å². The van der Waals surface area contributed by atoms with E-state index in [1.807, 2.05) is 12.1 Å². The molecule has 0 aromatic heterocycles. The molecular weight excluding hydrogens is 507 g/mol. The molecule has 11 heteroatoms. The van der Waals surface area contributed by atoms with Crippen LogP contribution in [0.5, 0.6) is 0 Å². The quantitative estimate of drug-likeness (QED) is 0.445. The highest BCUT2D eigenvalue weighted by molar-refractivity contribution is 6.43. The number of carbonyl (C=O) groups excluding carboxylic acids is 1. The average Bonchev–Trinajstić information content (AvgIpc) is 2.85. The van der Waals surface area contributed by atoms with E-state index in [0.717, 1.165) is 57.2 Å². The van der Waals surface area contributed by atoms with Crippen LogP contribution in [0.2, 0.25) is 10.0 Å². The van der Waals surface area contributed by atoms with Crippen LogP contribution in [-0.4, -0.2) is 90.8 Å². The number of carboxylic acids is 2. The van der Waals surface area contributed by atoms with E-state index in [0.29, 0.717) is 28.2 Å². The van der Waals surface area contributed by atoms with Crippen molar-refractivity contribution in [3.8, 4) is 0 Å². The monoisotopic (exact) mass is 542 g/mol. The molecule has 1 aliphatic heterocycles. The van der Waals surface area contributed by atoms with E-state index in [9.17, 15) is 14.4 Å². The van der Waals surface area contributed by atoms with Gasteiger partial charge in [0.25, 0.3) is 0 Å². The van der Waals surface area contributed by atoms with E-state index >= 15 is 0 Å². The molecule has 1 aromatic rings. The Morgan fingerprint density at radius 3 is 2.11 bits per heavy atom. The number of hydrogen-bond donors (Lipinski definition) is 3. The Labute approximate surface area is 222 Å². The Kier molecular flexibility index (Phi) is 12.3. The number of halogens is 2. The molecule has 0 bridgehead atoms. The third-order valence-corrected chi connectivity index (χ3v) is 7.26. The van der Waals surface area contributed by atoms with Gasteiger partial charge in [-0.1, -0.05) is 29.3 Å². The molecule has 1 aliphatic carbocycles. The maximum Gasteiger partial charge on any atom is 0.328 e. The molecule has 2 amide bonds. The van der Waals surface area contributed by atoms with Gasteiger partial charge in [0.05, 0.1) is 15.7 Å². The van der Waals surface area contributed by atoms with Gasteiger partial charge in [0.1, 0.15) is 0 Å². The summed E-state index contributed by atoms with van der Waals surface area (Å²) in [5.74, 6) is -1.73. The highest BCUT2D eigenvalue weighted by atomic mass is 35.5. The number of hydrogen-bond acceptors (Lipinski definition) is 5. The predicted molar refractivity (Wildman–Crippen MR) is 142 cm³/mol. The summed E-state index contributed by atoms with van der Waals surface area (Å²) < 4.78 is 0. The molecule has 3 N–H and O–H groups in total. The van der Waals surface area contributed by atoms with Gasteiger partial charge in [0, 0.05) is 58.5 Å². The molecule has 200 valence electrons. The fourth-order valence-electron chi connectivity index (χ4n) is 4.36. The lowest BCUT2D eigenvalue weighted by atomic mass is 9.84. The van der Waals surface area contributed by atoms with Crippen LogP contribution in [0.3, 0.4) is 0 Å². The third kappa shape index (κ3) is 10.2. The normalized spacial score (nSPS) is 20.4. The molecule has 0 atom stereocenters. The fourth-order valence-corrected chi connectivity index (χ4v) is 4.77. The van der Waals surface area contributed by atoms with Gasteiger partial charge in [0.2, 0.25) is 0 Å². The number of anilines is 1. The van der Waals surface area contributed by atoms with Crippen molar-refractivity contribution in [1.82, 2.24) is 15.1 Å².